The molecule has 0 amide bonds. The molecule has 0 unspecified atom stereocenters. The highest BCUT2D eigenvalue weighted by Crippen LogP contribution is 2.29. The van der Waals surface area contributed by atoms with Crippen LogP contribution in [0.4, 0.5) is 10.1 Å². The normalized spacial score (nSPS) is 16.6. The smallest absolute Gasteiger partial charge is 0.355 e. The van der Waals surface area contributed by atoms with Crippen LogP contribution in [-0.4, -0.2) is 23.3 Å². The SMILES string of the molecule is O=C1O[C@H](OC(=O)c2ccccc2F)C(Nc2cccc(O)c2)=C1Cl. The minimum atomic E-state index is -1.46. The average Bonchev–Trinajstić information content (AvgIpc) is 2.83. The molecule has 1 aliphatic heterocycles. The van der Waals surface area contributed by atoms with Crippen LogP contribution in [0, 0.1) is 5.82 Å². The van der Waals surface area contributed by atoms with Crippen molar-refractivity contribution in [1.29, 1.82) is 0 Å². The van der Waals surface area contributed by atoms with E-state index in [9.17, 15) is 19.1 Å². The number of nitrogens with one attached hydrogen (secondary N) is 1. The zero-order valence-corrected chi connectivity index (χ0v) is 13.3. The molecule has 2 aromatic carbocycles. The van der Waals surface area contributed by atoms with Gasteiger partial charge in [0, 0.05) is 11.8 Å². The van der Waals surface area contributed by atoms with Crippen molar-refractivity contribution in [2.24, 2.45) is 0 Å². The summed E-state index contributed by atoms with van der Waals surface area (Å²) in [6.07, 6.45) is -1.46. The van der Waals surface area contributed by atoms with E-state index < -0.39 is 24.0 Å². The Kier molecular flexibility index (Phi) is 4.58. The van der Waals surface area contributed by atoms with E-state index in [4.69, 9.17) is 21.1 Å². The molecule has 2 aromatic rings. The molecule has 0 aromatic heterocycles. The molecule has 0 radical (unpaired) electrons. The van der Waals surface area contributed by atoms with Gasteiger partial charge in [-0.1, -0.05) is 29.8 Å². The molecule has 0 aliphatic carbocycles. The minimum Gasteiger partial charge on any atom is -0.508 e. The first-order chi connectivity index (χ1) is 12.0. The Morgan fingerprint density at radius 3 is 2.72 bits per heavy atom. The van der Waals surface area contributed by atoms with Gasteiger partial charge in [0.05, 0.1) is 5.56 Å². The Hall–Kier alpha value is -3.06. The first-order valence-electron chi connectivity index (χ1n) is 7.08. The lowest BCUT2D eigenvalue weighted by atomic mass is 10.2. The zero-order valence-electron chi connectivity index (χ0n) is 12.5. The number of hydrogen-bond acceptors (Lipinski definition) is 6. The maximum absolute atomic E-state index is 13.7. The highest BCUT2D eigenvalue weighted by Gasteiger charge is 2.37. The molecular formula is C17H11ClFNO5. The first kappa shape index (κ1) is 16.8. The van der Waals surface area contributed by atoms with Gasteiger partial charge < -0.3 is 19.9 Å². The number of benzene rings is 2. The van der Waals surface area contributed by atoms with E-state index in [1.165, 1.54) is 30.3 Å². The summed E-state index contributed by atoms with van der Waals surface area (Å²) in [6.45, 7) is 0. The molecule has 0 fully saturated rings. The van der Waals surface area contributed by atoms with Crippen LogP contribution in [0.3, 0.4) is 0 Å². The summed E-state index contributed by atoms with van der Waals surface area (Å²) in [5, 5.41) is 11.9. The van der Waals surface area contributed by atoms with Crippen LogP contribution in [0.2, 0.25) is 0 Å². The van der Waals surface area contributed by atoms with Crippen LogP contribution in [0.25, 0.3) is 0 Å². The predicted octanol–water partition coefficient (Wildman–Crippen LogP) is 3.13. The number of anilines is 1. The third-order valence-corrected chi connectivity index (χ3v) is 3.66. The Labute approximate surface area is 146 Å². The molecule has 25 heavy (non-hydrogen) atoms. The van der Waals surface area contributed by atoms with E-state index in [0.717, 1.165) is 6.07 Å². The summed E-state index contributed by atoms with van der Waals surface area (Å²) >= 11 is 5.89. The zero-order chi connectivity index (χ0) is 18.0. The second-order valence-electron chi connectivity index (χ2n) is 5.03. The van der Waals surface area contributed by atoms with Crippen molar-refractivity contribution in [2.45, 2.75) is 6.29 Å². The van der Waals surface area contributed by atoms with Gasteiger partial charge >= 0.3 is 11.9 Å². The van der Waals surface area contributed by atoms with Crippen molar-refractivity contribution in [2.75, 3.05) is 5.32 Å². The monoisotopic (exact) mass is 363 g/mol. The quantitative estimate of drug-likeness (QED) is 0.812. The highest BCUT2D eigenvalue weighted by atomic mass is 35.5. The summed E-state index contributed by atoms with van der Waals surface area (Å²) in [7, 11) is 0. The summed E-state index contributed by atoms with van der Waals surface area (Å²) in [4.78, 5) is 23.8. The largest absolute Gasteiger partial charge is 0.508 e. The van der Waals surface area contributed by atoms with Crippen molar-refractivity contribution < 1.29 is 28.6 Å². The van der Waals surface area contributed by atoms with Crippen LogP contribution in [-0.2, 0) is 14.3 Å². The summed E-state index contributed by atoms with van der Waals surface area (Å²) in [5.41, 5.74) is 0.0543. The molecule has 0 bridgehead atoms. The van der Waals surface area contributed by atoms with Crippen molar-refractivity contribution >= 4 is 29.2 Å². The van der Waals surface area contributed by atoms with Gasteiger partial charge in [-0.2, -0.15) is 0 Å². The van der Waals surface area contributed by atoms with Gasteiger partial charge in [-0.25, -0.2) is 14.0 Å². The van der Waals surface area contributed by atoms with Crippen LogP contribution < -0.4 is 5.32 Å². The van der Waals surface area contributed by atoms with Gasteiger partial charge in [0.15, 0.2) is 5.03 Å². The molecule has 3 rings (SSSR count). The Morgan fingerprint density at radius 1 is 1.24 bits per heavy atom. The Bertz CT molecular complexity index is 883. The van der Waals surface area contributed by atoms with E-state index in [1.807, 2.05) is 0 Å². The molecule has 6 nitrogen and oxygen atoms in total. The molecule has 128 valence electrons. The molecule has 8 heteroatoms. The number of phenolic OH excluding ortho intramolecular Hbond substituents is 1. The number of esters is 2. The molecule has 0 saturated carbocycles. The van der Waals surface area contributed by atoms with Crippen molar-refractivity contribution in [1.82, 2.24) is 0 Å². The van der Waals surface area contributed by atoms with Gasteiger partial charge in [-0.15, -0.1) is 0 Å². The molecule has 1 atom stereocenters. The molecule has 2 N–H and O–H groups in total. The molecule has 1 heterocycles. The van der Waals surface area contributed by atoms with Gasteiger partial charge in [0.25, 0.3) is 6.29 Å². The van der Waals surface area contributed by atoms with E-state index in [2.05, 4.69) is 5.32 Å². The lowest BCUT2D eigenvalue weighted by Crippen LogP contribution is -2.24. The molecule has 0 saturated heterocycles. The lowest BCUT2D eigenvalue weighted by molar-refractivity contribution is -0.152. The number of rotatable bonds is 4. The molecule has 1 aliphatic rings. The molecular weight excluding hydrogens is 353 g/mol. The number of phenols is 1. The topological polar surface area (TPSA) is 84.9 Å². The summed E-state index contributed by atoms with van der Waals surface area (Å²) < 4.78 is 23.6. The fourth-order valence-electron chi connectivity index (χ4n) is 2.14. The highest BCUT2D eigenvalue weighted by molar-refractivity contribution is 6.42. The fourth-order valence-corrected chi connectivity index (χ4v) is 2.33. The fraction of sp³-hybridized carbons (Fsp3) is 0.0588. The third kappa shape index (κ3) is 3.56. The lowest BCUT2D eigenvalue weighted by Gasteiger charge is -2.16. The Balaban J connectivity index is 1.82. The average molecular weight is 364 g/mol. The minimum absolute atomic E-state index is 0.0214. The Morgan fingerprint density at radius 2 is 2.00 bits per heavy atom. The standard InChI is InChI=1S/C17H11ClFNO5/c18-13-14(20-9-4-3-5-10(21)8-9)17(25-16(13)23)24-15(22)11-6-1-2-7-12(11)19/h1-8,17,20-21H/t17-/m0/s1. The van der Waals surface area contributed by atoms with Gasteiger partial charge in [-0.05, 0) is 24.3 Å². The van der Waals surface area contributed by atoms with Crippen LogP contribution >= 0.6 is 11.6 Å². The number of hydrogen-bond donors (Lipinski definition) is 2. The van der Waals surface area contributed by atoms with Crippen molar-refractivity contribution in [3.63, 3.8) is 0 Å². The maximum atomic E-state index is 13.7. The molecule has 0 spiro atoms. The van der Waals surface area contributed by atoms with Crippen LogP contribution in [0.5, 0.6) is 5.75 Å². The van der Waals surface area contributed by atoms with Gasteiger partial charge in [-0.3, -0.25) is 0 Å². The number of aromatic hydroxyl groups is 1. The van der Waals surface area contributed by atoms with Gasteiger partial charge in [0.2, 0.25) is 0 Å². The van der Waals surface area contributed by atoms with Crippen molar-refractivity contribution in [3.8, 4) is 5.75 Å². The number of carbonyl (C=O) groups excluding carboxylic acids is 2. The summed E-state index contributed by atoms with van der Waals surface area (Å²) in [5.74, 6) is -2.70. The summed E-state index contributed by atoms with van der Waals surface area (Å²) in [6, 6.07) is 11.2. The predicted molar refractivity (Wildman–Crippen MR) is 86.3 cm³/mol. The first-order valence-corrected chi connectivity index (χ1v) is 7.45. The number of halogens is 2. The maximum Gasteiger partial charge on any atom is 0.355 e. The number of cyclic esters (lactones) is 1. The number of ether oxygens (including phenoxy) is 2. The van der Waals surface area contributed by atoms with E-state index in [0.29, 0.717) is 5.69 Å². The van der Waals surface area contributed by atoms with Crippen molar-refractivity contribution in [3.05, 3.63) is 70.6 Å². The second-order valence-corrected chi connectivity index (χ2v) is 5.40. The number of carbonyl (C=O) groups is 2. The van der Waals surface area contributed by atoms with E-state index in [-0.39, 0.29) is 22.0 Å². The van der Waals surface area contributed by atoms with Gasteiger partial charge in [0.1, 0.15) is 17.3 Å². The van der Waals surface area contributed by atoms with Crippen LogP contribution in [0.15, 0.2) is 59.3 Å². The third-order valence-electron chi connectivity index (χ3n) is 3.30. The van der Waals surface area contributed by atoms with E-state index in [1.54, 1.807) is 12.1 Å². The van der Waals surface area contributed by atoms with Crippen LogP contribution in [0.1, 0.15) is 10.4 Å². The second kappa shape index (κ2) is 6.82. The van der Waals surface area contributed by atoms with E-state index >= 15 is 0 Å².